The first-order chi connectivity index (χ1) is 11.7. The first kappa shape index (κ1) is 15.5. The van der Waals surface area contributed by atoms with Gasteiger partial charge in [-0.2, -0.15) is 0 Å². The number of anilines is 1. The average molecular weight is 374 g/mol. The number of aromatic nitrogens is 2. The van der Waals surface area contributed by atoms with E-state index < -0.39 is 0 Å². The third-order valence-electron chi connectivity index (χ3n) is 3.71. The average Bonchev–Trinajstić information content (AvgIpc) is 3.20. The van der Waals surface area contributed by atoms with E-state index in [9.17, 15) is 4.79 Å². The molecule has 0 radical (unpaired) electrons. The number of nitrogens with zero attached hydrogens (tertiary/aromatic N) is 3. The van der Waals surface area contributed by atoms with Crippen LogP contribution in [0.4, 0.5) is 5.13 Å². The molecule has 0 aliphatic carbocycles. The van der Waals surface area contributed by atoms with Gasteiger partial charge in [-0.25, -0.2) is 9.97 Å². The van der Waals surface area contributed by atoms with Gasteiger partial charge in [-0.05, 0) is 43.3 Å². The quantitative estimate of drug-likeness (QED) is 0.494. The molecule has 24 heavy (non-hydrogen) atoms. The van der Waals surface area contributed by atoms with Crippen molar-refractivity contribution < 1.29 is 4.79 Å². The van der Waals surface area contributed by atoms with Crippen molar-refractivity contribution in [2.45, 2.75) is 6.92 Å². The van der Waals surface area contributed by atoms with E-state index in [2.05, 4.69) is 9.97 Å². The molecule has 0 N–H and O–H groups in total. The second-order valence-electron chi connectivity index (χ2n) is 5.19. The predicted molar refractivity (Wildman–Crippen MR) is 102 cm³/mol. The van der Waals surface area contributed by atoms with Gasteiger partial charge in [0, 0.05) is 17.1 Å². The third-order valence-corrected chi connectivity index (χ3v) is 5.80. The fourth-order valence-electron chi connectivity index (χ4n) is 2.51. The summed E-state index contributed by atoms with van der Waals surface area (Å²) in [6.45, 7) is 2.50. The lowest BCUT2D eigenvalue weighted by Crippen LogP contribution is -2.30. The van der Waals surface area contributed by atoms with E-state index >= 15 is 0 Å². The Balaban J connectivity index is 1.74. The Morgan fingerprint density at radius 3 is 2.88 bits per heavy atom. The van der Waals surface area contributed by atoms with Crippen molar-refractivity contribution in [3.05, 3.63) is 52.5 Å². The molecule has 0 spiro atoms. The maximum atomic E-state index is 12.9. The molecular weight excluding hydrogens is 362 g/mol. The van der Waals surface area contributed by atoms with Gasteiger partial charge in [0.05, 0.1) is 25.9 Å². The molecule has 0 atom stereocenters. The summed E-state index contributed by atoms with van der Waals surface area (Å²) in [5.74, 6) is -0.0575. The highest BCUT2D eigenvalue weighted by atomic mass is 35.5. The minimum absolute atomic E-state index is 0.0575. The van der Waals surface area contributed by atoms with E-state index in [1.54, 1.807) is 10.4 Å². The van der Waals surface area contributed by atoms with Gasteiger partial charge in [-0.15, -0.1) is 11.3 Å². The van der Waals surface area contributed by atoms with E-state index in [4.69, 9.17) is 11.6 Å². The van der Waals surface area contributed by atoms with E-state index in [0.717, 1.165) is 20.4 Å². The Morgan fingerprint density at radius 1 is 1.17 bits per heavy atom. The minimum Gasteiger partial charge on any atom is -0.284 e. The molecular formula is C17H12ClN3OS2. The molecule has 0 aliphatic rings. The van der Waals surface area contributed by atoms with Crippen LogP contribution in [0.25, 0.3) is 20.4 Å². The summed E-state index contributed by atoms with van der Waals surface area (Å²) < 4.78 is 2.02. The molecule has 0 fully saturated rings. The van der Waals surface area contributed by atoms with Crippen molar-refractivity contribution in [2.75, 3.05) is 11.4 Å². The standard InChI is InChI=1S/C17H12ClN3OS2/c1-2-21(17-20-13-8-11(18)4-6-14(13)24-17)16(22)10-3-5-12-15(7-10)23-9-19-12/h3-9H,2H2,1H3. The van der Waals surface area contributed by atoms with Crippen LogP contribution in [0.5, 0.6) is 0 Å². The SMILES string of the molecule is CCN(C(=O)c1ccc2ncsc2c1)c1nc2cc(Cl)ccc2s1. The zero-order chi connectivity index (χ0) is 16.7. The largest absolute Gasteiger partial charge is 0.284 e. The summed E-state index contributed by atoms with van der Waals surface area (Å²) in [6, 6.07) is 11.2. The van der Waals surface area contributed by atoms with Gasteiger partial charge in [0.25, 0.3) is 5.91 Å². The lowest BCUT2D eigenvalue weighted by Gasteiger charge is -2.17. The summed E-state index contributed by atoms with van der Waals surface area (Å²) in [5.41, 5.74) is 4.15. The number of halogens is 1. The molecule has 1 amide bonds. The molecule has 0 saturated carbocycles. The topological polar surface area (TPSA) is 46.1 Å². The van der Waals surface area contributed by atoms with E-state index in [1.165, 1.54) is 22.7 Å². The van der Waals surface area contributed by atoms with Crippen LogP contribution in [-0.4, -0.2) is 22.4 Å². The highest BCUT2D eigenvalue weighted by Crippen LogP contribution is 2.31. The lowest BCUT2D eigenvalue weighted by molar-refractivity contribution is 0.0988. The molecule has 2 aromatic carbocycles. The molecule has 0 aliphatic heterocycles. The van der Waals surface area contributed by atoms with Crippen molar-refractivity contribution in [1.82, 2.24) is 9.97 Å². The Morgan fingerprint density at radius 2 is 2.04 bits per heavy atom. The predicted octanol–water partition coefficient (Wildman–Crippen LogP) is 5.23. The maximum Gasteiger partial charge on any atom is 0.260 e. The highest BCUT2D eigenvalue weighted by Gasteiger charge is 2.20. The monoisotopic (exact) mass is 373 g/mol. The summed E-state index contributed by atoms with van der Waals surface area (Å²) in [4.78, 5) is 23.5. The van der Waals surface area contributed by atoms with Crippen molar-refractivity contribution in [3.63, 3.8) is 0 Å². The van der Waals surface area contributed by atoms with Crippen molar-refractivity contribution in [1.29, 1.82) is 0 Å². The number of thiazole rings is 2. The summed E-state index contributed by atoms with van der Waals surface area (Å²) in [6.07, 6.45) is 0. The summed E-state index contributed by atoms with van der Waals surface area (Å²) in [5, 5.41) is 1.33. The zero-order valence-electron chi connectivity index (χ0n) is 12.7. The Labute approximate surface area is 151 Å². The molecule has 4 nitrogen and oxygen atoms in total. The van der Waals surface area contributed by atoms with Crippen molar-refractivity contribution >= 4 is 65.7 Å². The third kappa shape index (κ3) is 2.66. The first-order valence-electron chi connectivity index (χ1n) is 7.37. The van der Waals surface area contributed by atoms with Gasteiger partial charge in [0.1, 0.15) is 0 Å². The Kier molecular flexibility index (Phi) is 3.96. The smallest absolute Gasteiger partial charge is 0.260 e. The van der Waals surface area contributed by atoms with Crippen LogP contribution in [0.15, 0.2) is 41.9 Å². The van der Waals surface area contributed by atoms with Gasteiger partial charge < -0.3 is 0 Å². The molecule has 4 aromatic rings. The Hall–Kier alpha value is -2.02. The van der Waals surface area contributed by atoms with E-state index in [1.807, 2.05) is 43.3 Å². The fourth-order valence-corrected chi connectivity index (χ4v) is 4.40. The molecule has 2 heterocycles. The molecule has 0 saturated heterocycles. The summed E-state index contributed by atoms with van der Waals surface area (Å²) in [7, 11) is 0. The van der Waals surface area contributed by atoms with E-state index in [0.29, 0.717) is 22.3 Å². The van der Waals surface area contributed by atoms with Crippen LogP contribution in [0.2, 0.25) is 5.02 Å². The molecule has 2 aromatic heterocycles. The van der Waals surface area contributed by atoms with Crippen LogP contribution in [0.3, 0.4) is 0 Å². The molecule has 7 heteroatoms. The number of carbonyl (C=O) groups is 1. The van der Waals surface area contributed by atoms with Gasteiger partial charge in [-0.1, -0.05) is 22.9 Å². The second kappa shape index (κ2) is 6.12. The summed E-state index contributed by atoms with van der Waals surface area (Å²) >= 11 is 9.05. The van der Waals surface area contributed by atoms with Crippen LogP contribution in [0.1, 0.15) is 17.3 Å². The number of fused-ring (bicyclic) bond motifs is 2. The van der Waals surface area contributed by atoms with Crippen molar-refractivity contribution in [3.8, 4) is 0 Å². The zero-order valence-corrected chi connectivity index (χ0v) is 15.1. The number of amides is 1. The maximum absolute atomic E-state index is 12.9. The van der Waals surface area contributed by atoms with Crippen LogP contribution in [0, 0.1) is 0 Å². The minimum atomic E-state index is -0.0575. The fraction of sp³-hybridized carbons (Fsp3) is 0.118. The number of hydrogen-bond donors (Lipinski definition) is 0. The molecule has 4 rings (SSSR count). The van der Waals surface area contributed by atoms with Crippen LogP contribution < -0.4 is 4.90 Å². The molecule has 0 bridgehead atoms. The highest BCUT2D eigenvalue weighted by molar-refractivity contribution is 7.22. The number of rotatable bonds is 3. The number of carbonyl (C=O) groups excluding carboxylic acids is 1. The van der Waals surface area contributed by atoms with Gasteiger partial charge in [0.15, 0.2) is 5.13 Å². The van der Waals surface area contributed by atoms with Crippen molar-refractivity contribution in [2.24, 2.45) is 0 Å². The van der Waals surface area contributed by atoms with Crippen LogP contribution in [-0.2, 0) is 0 Å². The molecule has 120 valence electrons. The van der Waals surface area contributed by atoms with E-state index in [-0.39, 0.29) is 5.91 Å². The number of benzene rings is 2. The Bertz CT molecular complexity index is 1060. The van der Waals surface area contributed by atoms with Crippen LogP contribution >= 0.6 is 34.3 Å². The molecule has 0 unspecified atom stereocenters. The normalized spacial score (nSPS) is 11.2. The first-order valence-corrected chi connectivity index (χ1v) is 9.44. The van der Waals surface area contributed by atoms with Gasteiger partial charge in [-0.3, -0.25) is 9.69 Å². The van der Waals surface area contributed by atoms with Gasteiger partial charge >= 0.3 is 0 Å². The second-order valence-corrected chi connectivity index (χ2v) is 7.52. The number of hydrogen-bond acceptors (Lipinski definition) is 5. The lowest BCUT2D eigenvalue weighted by atomic mass is 10.2. The van der Waals surface area contributed by atoms with Gasteiger partial charge in [0.2, 0.25) is 0 Å².